The van der Waals surface area contributed by atoms with Gasteiger partial charge in [0.2, 0.25) is 0 Å². The monoisotopic (exact) mass is 427 g/mol. The van der Waals surface area contributed by atoms with Crippen LogP contribution < -0.4 is 0 Å². The van der Waals surface area contributed by atoms with E-state index in [-0.39, 0.29) is 11.3 Å². The van der Waals surface area contributed by atoms with Gasteiger partial charge in [0.15, 0.2) is 0 Å². The summed E-state index contributed by atoms with van der Waals surface area (Å²) in [6.45, 7) is 3.83. The molecule has 2 saturated heterocycles. The number of halogens is 1. The Bertz CT molecular complexity index is 956. The van der Waals surface area contributed by atoms with Gasteiger partial charge >= 0.3 is 0 Å². The highest BCUT2D eigenvalue weighted by molar-refractivity contribution is 6.46. The lowest BCUT2D eigenvalue weighted by Gasteiger charge is -2.30. The van der Waals surface area contributed by atoms with Gasteiger partial charge in [-0.3, -0.25) is 19.5 Å². The molecule has 4 rings (SSSR count). The number of ketones is 1. The van der Waals surface area contributed by atoms with Crippen LogP contribution in [-0.4, -0.2) is 71.0 Å². The maximum Gasteiger partial charge on any atom is 0.295 e. The molecule has 1 aromatic carbocycles. The number of carbonyl (C=O) groups excluding carboxylic acids is 2. The number of ether oxygens (including phenoxy) is 1. The van der Waals surface area contributed by atoms with Crippen molar-refractivity contribution in [2.75, 3.05) is 39.4 Å². The van der Waals surface area contributed by atoms with Gasteiger partial charge in [-0.05, 0) is 36.4 Å². The Labute approximate surface area is 179 Å². The highest BCUT2D eigenvalue weighted by Gasteiger charge is 2.46. The number of nitrogens with zero attached hydrogens (tertiary/aromatic N) is 3. The van der Waals surface area contributed by atoms with E-state index in [1.807, 2.05) is 0 Å². The number of likely N-dealkylation sites (tertiary alicyclic amines) is 1. The molecule has 2 aliphatic heterocycles. The van der Waals surface area contributed by atoms with Crippen LogP contribution >= 0.6 is 11.6 Å². The lowest BCUT2D eigenvalue weighted by atomic mass is 9.98. The zero-order valence-electron chi connectivity index (χ0n) is 16.3. The first-order valence-electron chi connectivity index (χ1n) is 9.81. The summed E-state index contributed by atoms with van der Waals surface area (Å²) in [5, 5.41) is 11.5. The van der Waals surface area contributed by atoms with Gasteiger partial charge in [0.1, 0.15) is 11.8 Å². The molecular weight excluding hydrogens is 406 g/mol. The number of hydrogen-bond donors (Lipinski definition) is 1. The minimum Gasteiger partial charge on any atom is -0.507 e. The van der Waals surface area contributed by atoms with Gasteiger partial charge in [-0.1, -0.05) is 17.7 Å². The van der Waals surface area contributed by atoms with E-state index in [0.29, 0.717) is 42.6 Å². The van der Waals surface area contributed by atoms with Crippen LogP contribution in [0.25, 0.3) is 5.76 Å². The predicted molar refractivity (Wildman–Crippen MR) is 112 cm³/mol. The molecule has 0 saturated carbocycles. The highest BCUT2D eigenvalue weighted by atomic mass is 35.5. The molecular formula is C22H22ClN3O4. The smallest absolute Gasteiger partial charge is 0.295 e. The van der Waals surface area contributed by atoms with E-state index in [4.69, 9.17) is 16.3 Å². The van der Waals surface area contributed by atoms with Crippen molar-refractivity contribution >= 4 is 29.1 Å². The normalized spacial score (nSPS) is 21.9. The van der Waals surface area contributed by atoms with E-state index in [2.05, 4.69) is 9.88 Å². The first-order chi connectivity index (χ1) is 14.6. The molecule has 2 aromatic rings. The summed E-state index contributed by atoms with van der Waals surface area (Å²) in [5.41, 5.74) is 1.00. The number of benzene rings is 1. The van der Waals surface area contributed by atoms with Crippen LogP contribution in [-0.2, 0) is 14.3 Å². The maximum absolute atomic E-state index is 12.9. The van der Waals surface area contributed by atoms with Gasteiger partial charge < -0.3 is 14.7 Å². The Kier molecular flexibility index (Phi) is 6.13. The lowest BCUT2D eigenvalue weighted by molar-refractivity contribution is -0.140. The Morgan fingerprint density at radius 3 is 2.50 bits per heavy atom. The third kappa shape index (κ3) is 4.09. The van der Waals surface area contributed by atoms with Crippen molar-refractivity contribution in [1.82, 2.24) is 14.8 Å². The van der Waals surface area contributed by atoms with Crippen LogP contribution in [0.4, 0.5) is 0 Å². The summed E-state index contributed by atoms with van der Waals surface area (Å²) >= 11 is 5.94. The number of aliphatic hydroxyl groups excluding tert-OH is 1. The van der Waals surface area contributed by atoms with E-state index >= 15 is 0 Å². The van der Waals surface area contributed by atoms with Gasteiger partial charge in [0.05, 0.1) is 24.5 Å². The fraction of sp³-hybridized carbons (Fsp3) is 0.318. The largest absolute Gasteiger partial charge is 0.507 e. The molecule has 8 heteroatoms. The molecule has 0 unspecified atom stereocenters. The molecule has 30 heavy (non-hydrogen) atoms. The molecule has 1 N–H and O–H groups in total. The number of rotatable bonds is 5. The first-order valence-corrected chi connectivity index (χ1v) is 10.2. The van der Waals surface area contributed by atoms with Crippen molar-refractivity contribution in [2.24, 2.45) is 0 Å². The Hall–Kier alpha value is -2.74. The molecule has 0 spiro atoms. The summed E-state index contributed by atoms with van der Waals surface area (Å²) in [7, 11) is 0. The number of morpholine rings is 1. The van der Waals surface area contributed by atoms with Crippen molar-refractivity contribution in [1.29, 1.82) is 0 Å². The van der Waals surface area contributed by atoms with Gasteiger partial charge in [0, 0.05) is 43.0 Å². The zero-order valence-corrected chi connectivity index (χ0v) is 17.1. The molecule has 0 aliphatic carbocycles. The average molecular weight is 428 g/mol. The van der Waals surface area contributed by atoms with Crippen LogP contribution in [0.15, 0.2) is 54.2 Å². The SMILES string of the molecule is O=C1C(=O)N(CCN2CCOCC2)[C@@H](c2ccccn2)/C1=C(\O)c1ccc(Cl)cc1. The predicted octanol–water partition coefficient (Wildman–Crippen LogP) is 2.49. The van der Waals surface area contributed by atoms with Gasteiger partial charge in [0.25, 0.3) is 11.7 Å². The minimum absolute atomic E-state index is 0.0444. The maximum atomic E-state index is 12.9. The number of carbonyl (C=O) groups is 2. The summed E-state index contributed by atoms with van der Waals surface area (Å²) in [6.07, 6.45) is 1.61. The lowest BCUT2D eigenvalue weighted by Crippen LogP contribution is -2.42. The molecule has 7 nitrogen and oxygen atoms in total. The fourth-order valence-corrected chi connectivity index (χ4v) is 3.92. The van der Waals surface area contributed by atoms with Crippen LogP contribution in [0.5, 0.6) is 0 Å². The van der Waals surface area contributed by atoms with Gasteiger partial charge in [-0.25, -0.2) is 0 Å². The van der Waals surface area contributed by atoms with Crippen LogP contribution in [0.2, 0.25) is 5.02 Å². The first kappa shape index (κ1) is 20.5. The second-order valence-electron chi connectivity index (χ2n) is 7.21. The van der Waals surface area contributed by atoms with Crippen LogP contribution in [0.3, 0.4) is 0 Å². The fourth-order valence-electron chi connectivity index (χ4n) is 3.79. The molecule has 1 atom stereocenters. The summed E-state index contributed by atoms with van der Waals surface area (Å²) in [5.74, 6) is -1.57. The van der Waals surface area contributed by atoms with Crippen LogP contribution in [0.1, 0.15) is 17.3 Å². The second kappa shape index (κ2) is 8.95. The second-order valence-corrected chi connectivity index (χ2v) is 7.64. The molecule has 2 aliphatic rings. The molecule has 3 heterocycles. The molecule has 1 amide bonds. The standard InChI is InChI=1S/C22H22ClN3O4/c23-16-6-4-15(5-7-16)20(27)18-19(17-3-1-2-8-24-17)26(22(29)21(18)28)10-9-25-11-13-30-14-12-25/h1-8,19,27H,9-14H2/b20-18+/t19-/m0/s1. The third-order valence-corrected chi connectivity index (χ3v) is 5.64. The summed E-state index contributed by atoms with van der Waals surface area (Å²) < 4.78 is 5.37. The van der Waals surface area contributed by atoms with E-state index < -0.39 is 17.7 Å². The van der Waals surface area contributed by atoms with E-state index in [1.54, 1.807) is 48.7 Å². The number of amides is 1. The Balaban J connectivity index is 1.71. The van der Waals surface area contributed by atoms with Crippen molar-refractivity contribution in [2.45, 2.75) is 6.04 Å². The number of pyridine rings is 1. The molecule has 1 aromatic heterocycles. The third-order valence-electron chi connectivity index (χ3n) is 5.39. The van der Waals surface area contributed by atoms with Crippen molar-refractivity contribution in [3.63, 3.8) is 0 Å². The van der Waals surface area contributed by atoms with Crippen molar-refractivity contribution in [3.05, 3.63) is 70.5 Å². The summed E-state index contributed by atoms with van der Waals surface area (Å²) in [6, 6.07) is 11.1. The average Bonchev–Trinajstić information content (AvgIpc) is 3.04. The quantitative estimate of drug-likeness (QED) is 0.448. The van der Waals surface area contributed by atoms with E-state index in [9.17, 15) is 14.7 Å². The highest BCUT2D eigenvalue weighted by Crippen LogP contribution is 2.38. The number of aromatic nitrogens is 1. The Morgan fingerprint density at radius 2 is 1.83 bits per heavy atom. The van der Waals surface area contributed by atoms with Crippen molar-refractivity contribution in [3.8, 4) is 0 Å². The van der Waals surface area contributed by atoms with Crippen LogP contribution in [0, 0.1) is 0 Å². The minimum atomic E-state index is -0.747. The zero-order chi connectivity index (χ0) is 21.1. The molecule has 0 bridgehead atoms. The molecule has 0 radical (unpaired) electrons. The molecule has 156 valence electrons. The van der Waals surface area contributed by atoms with E-state index in [0.717, 1.165) is 13.1 Å². The molecule has 2 fully saturated rings. The Morgan fingerprint density at radius 1 is 1.10 bits per heavy atom. The van der Waals surface area contributed by atoms with Gasteiger partial charge in [-0.15, -0.1) is 0 Å². The van der Waals surface area contributed by atoms with E-state index in [1.165, 1.54) is 4.90 Å². The number of aliphatic hydroxyl groups is 1. The summed E-state index contributed by atoms with van der Waals surface area (Å²) in [4.78, 5) is 33.9. The topological polar surface area (TPSA) is 83.0 Å². The number of Topliss-reactive ketones (excluding diaryl/α,β-unsaturated/α-hetero) is 1. The van der Waals surface area contributed by atoms with Gasteiger partial charge in [-0.2, -0.15) is 0 Å². The van der Waals surface area contributed by atoms with Crippen molar-refractivity contribution < 1.29 is 19.4 Å². The number of hydrogen-bond acceptors (Lipinski definition) is 6.